The number of anilines is 1. The molecule has 0 spiro atoms. The fraction of sp³-hybridized carbons (Fsp3) is 0.348. The first kappa shape index (κ1) is 25.0. The minimum absolute atomic E-state index is 0.141. The van der Waals surface area contributed by atoms with Crippen molar-refractivity contribution in [2.45, 2.75) is 6.54 Å². The third-order valence-electron chi connectivity index (χ3n) is 5.33. The average Bonchev–Trinajstić information content (AvgIpc) is 2.81. The first-order valence-corrected chi connectivity index (χ1v) is 11.1. The number of ether oxygens (including phenoxy) is 2. The highest BCUT2D eigenvalue weighted by molar-refractivity contribution is 6.35. The lowest BCUT2D eigenvalue weighted by Crippen LogP contribution is -2.48. The largest absolute Gasteiger partial charge is 0.465 e. The second-order valence-corrected chi connectivity index (χ2v) is 8.40. The highest BCUT2D eigenvalue weighted by Crippen LogP contribution is 2.26. The summed E-state index contributed by atoms with van der Waals surface area (Å²) < 4.78 is 9.44. The van der Waals surface area contributed by atoms with E-state index in [-0.39, 0.29) is 23.6 Å². The number of piperazine rings is 1. The number of nitrogens with one attached hydrogen (secondary N) is 1. The topological polar surface area (TPSA) is 88.2 Å². The third kappa shape index (κ3) is 6.68. The SMILES string of the molecule is COC(=O)c1cc(NC(=O)CN2CCN(Cc3c(Cl)cccc3Cl)CC2)cc(C(=O)OC)c1. The summed E-state index contributed by atoms with van der Waals surface area (Å²) >= 11 is 12.5. The Bertz CT molecular complexity index is 984. The Balaban J connectivity index is 1.57. The molecule has 1 heterocycles. The number of halogens is 2. The molecule has 0 aromatic heterocycles. The lowest BCUT2D eigenvalue weighted by Gasteiger charge is -2.34. The summed E-state index contributed by atoms with van der Waals surface area (Å²) in [4.78, 5) is 40.7. The van der Waals surface area contributed by atoms with Gasteiger partial charge in [0.05, 0.1) is 31.9 Å². The van der Waals surface area contributed by atoms with Gasteiger partial charge >= 0.3 is 11.9 Å². The fourth-order valence-corrected chi connectivity index (χ4v) is 4.10. The van der Waals surface area contributed by atoms with Crippen LogP contribution in [-0.2, 0) is 20.8 Å². The van der Waals surface area contributed by atoms with Crippen LogP contribution in [0.5, 0.6) is 0 Å². The van der Waals surface area contributed by atoms with Crippen molar-refractivity contribution in [1.82, 2.24) is 9.80 Å². The van der Waals surface area contributed by atoms with E-state index >= 15 is 0 Å². The van der Waals surface area contributed by atoms with Gasteiger partial charge in [0.25, 0.3) is 0 Å². The molecule has 1 fully saturated rings. The molecule has 0 atom stereocenters. The van der Waals surface area contributed by atoms with Crippen LogP contribution in [0.15, 0.2) is 36.4 Å². The molecule has 1 saturated heterocycles. The molecule has 1 amide bonds. The van der Waals surface area contributed by atoms with Crippen molar-refractivity contribution in [3.8, 4) is 0 Å². The smallest absolute Gasteiger partial charge is 0.337 e. The molecule has 0 bridgehead atoms. The molecule has 2 aromatic carbocycles. The zero-order chi connectivity index (χ0) is 24.0. The van der Waals surface area contributed by atoms with Gasteiger partial charge in [-0.15, -0.1) is 0 Å². The minimum atomic E-state index is -0.619. The van der Waals surface area contributed by atoms with Crippen molar-refractivity contribution >= 4 is 46.7 Å². The maximum Gasteiger partial charge on any atom is 0.337 e. The van der Waals surface area contributed by atoms with Gasteiger partial charge in [-0.05, 0) is 30.3 Å². The van der Waals surface area contributed by atoms with E-state index in [0.717, 1.165) is 18.7 Å². The van der Waals surface area contributed by atoms with Crippen LogP contribution in [0.4, 0.5) is 5.69 Å². The van der Waals surface area contributed by atoms with Crippen molar-refractivity contribution in [2.75, 3.05) is 52.3 Å². The zero-order valence-electron chi connectivity index (χ0n) is 18.4. The number of hydrogen-bond acceptors (Lipinski definition) is 7. The maximum absolute atomic E-state index is 12.6. The molecule has 0 saturated carbocycles. The van der Waals surface area contributed by atoms with Crippen molar-refractivity contribution < 1.29 is 23.9 Å². The summed E-state index contributed by atoms with van der Waals surface area (Å²) in [6, 6.07) is 9.74. The van der Waals surface area contributed by atoms with Gasteiger partial charge in [0, 0.05) is 54.0 Å². The lowest BCUT2D eigenvalue weighted by atomic mass is 10.1. The zero-order valence-corrected chi connectivity index (χ0v) is 19.9. The molecule has 176 valence electrons. The first-order chi connectivity index (χ1) is 15.8. The Morgan fingerprint density at radius 2 is 1.39 bits per heavy atom. The fourth-order valence-electron chi connectivity index (χ4n) is 3.59. The molecular formula is C23H25Cl2N3O5. The second-order valence-electron chi connectivity index (χ2n) is 7.58. The number of methoxy groups -OCH3 is 2. The summed E-state index contributed by atoms with van der Waals surface area (Å²) in [6.45, 7) is 3.75. The molecular weight excluding hydrogens is 469 g/mol. The maximum atomic E-state index is 12.6. The van der Waals surface area contributed by atoms with Gasteiger partial charge in [0.2, 0.25) is 5.91 Å². The molecule has 8 nitrogen and oxygen atoms in total. The second kappa shape index (κ2) is 11.5. The normalized spacial score (nSPS) is 14.5. The van der Waals surface area contributed by atoms with Crippen LogP contribution < -0.4 is 5.32 Å². The highest BCUT2D eigenvalue weighted by Gasteiger charge is 2.21. The van der Waals surface area contributed by atoms with Gasteiger partial charge in [0.15, 0.2) is 0 Å². The van der Waals surface area contributed by atoms with Gasteiger partial charge in [-0.1, -0.05) is 29.3 Å². The minimum Gasteiger partial charge on any atom is -0.465 e. The quantitative estimate of drug-likeness (QED) is 0.591. The number of carbonyl (C=O) groups excluding carboxylic acids is 3. The van der Waals surface area contributed by atoms with E-state index in [0.29, 0.717) is 35.4 Å². The number of benzene rings is 2. The molecule has 10 heteroatoms. The molecule has 0 aliphatic carbocycles. The standard InChI is InChI=1S/C23H25Cl2N3O5/c1-32-22(30)15-10-16(23(31)33-2)12-17(11-15)26-21(29)14-28-8-6-27(7-9-28)13-18-19(24)4-3-5-20(18)25/h3-5,10-12H,6-9,13-14H2,1-2H3,(H,26,29). The third-order valence-corrected chi connectivity index (χ3v) is 6.04. The number of amides is 1. The summed E-state index contributed by atoms with van der Waals surface area (Å²) in [5.74, 6) is -1.49. The number of carbonyl (C=O) groups is 3. The average molecular weight is 494 g/mol. The monoisotopic (exact) mass is 493 g/mol. The van der Waals surface area contributed by atoms with Crippen LogP contribution in [0, 0.1) is 0 Å². The Hall–Kier alpha value is -2.65. The van der Waals surface area contributed by atoms with Gasteiger partial charge in [-0.3, -0.25) is 14.6 Å². The summed E-state index contributed by atoms with van der Waals surface area (Å²) in [5.41, 5.74) is 1.50. The highest BCUT2D eigenvalue weighted by atomic mass is 35.5. The molecule has 0 radical (unpaired) electrons. The number of nitrogens with zero attached hydrogens (tertiary/aromatic N) is 2. The van der Waals surface area contributed by atoms with Crippen LogP contribution in [0.25, 0.3) is 0 Å². The van der Waals surface area contributed by atoms with E-state index < -0.39 is 11.9 Å². The molecule has 2 aromatic rings. The molecule has 0 unspecified atom stereocenters. The van der Waals surface area contributed by atoms with Crippen molar-refractivity contribution in [3.63, 3.8) is 0 Å². The predicted molar refractivity (Wildman–Crippen MR) is 126 cm³/mol. The Kier molecular flexibility index (Phi) is 8.68. The van der Waals surface area contributed by atoms with Crippen molar-refractivity contribution in [2.24, 2.45) is 0 Å². The van der Waals surface area contributed by atoms with Crippen LogP contribution >= 0.6 is 23.2 Å². The number of rotatable bonds is 7. The van der Waals surface area contributed by atoms with E-state index in [2.05, 4.69) is 10.2 Å². The van der Waals surface area contributed by atoms with Crippen molar-refractivity contribution in [1.29, 1.82) is 0 Å². The molecule has 1 N–H and O–H groups in total. The summed E-state index contributed by atoms with van der Waals surface area (Å²) in [5, 5.41) is 4.04. The van der Waals surface area contributed by atoms with Crippen LogP contribution in [0.1, 0.15) is 26.3 Å². The Labute approximate surface area is 202 Å². The molecule has 1 aliphatic heterocycles. The summed E-state index contributed by atoms with van der Waals surface area (Å²) in [7, 11) is 2.48. The van der Waals surface area contributed by atoms with E-state index in [1.165, 1.54) is 32.4 Å². The van der Waals surface area contributed by atoms with Crippen molar-refractivity contribution in [3.05, 3.63) is 63.1 Å². The number of esters is 2. The summed E-state index contributed by atoms with van der Waals surface area (Å²) in [6.07, 6.45) is 0. The van der Waals surface area contributed by atoms with E-state index in [4.69, 9.17) is 32.7 Å². The molecule has 3 rings (SSSR count). The Morgan fingerprint density at radius 1 is 0.879 bits per heavy atom. The number of hydrogen-bond donors (Lipinski definition) is 1. The molecule has 1 aliphatic rings. The van der Waals surface area contributed by atoms with E-state index in [1.54, 1.807) is 0 Å². The molecule has 33 heavy (non-hydrogen) atoms. The predicted octanol–water partition coefficient (Wildman–Crippen LogP) is 3.32. The van der Waals surface area contributed by atoms with Crippen LogP contribution in [0.2, 0.25) is 10.0 Å². The lowest BCUT2D eigenvalue weighted by molar-refractivity contribution is -0.117. The van der Waals surface area contributed by atoms with Crippen LogP contribution in [0.3, 0.4) is 0 Å². The van der Waals surface area contributed by atoms with Gasteiger partial charge < -0.3 is 14.8 Å². The van der Waals surface area contributed by atoms with Crippen LogP contribution in [-0.4, -0.2) is 74.6 Å². The van der Waals surface area contributed by atoms with Gasteiger partial charge in [-0.2, -0.15) is 0 Å². The van der Waals surface area contributed by atoms with Gasteiger partial charge in [-0.25, -0.2) is 9.59 Å². The van der Waals surface area contributed by atoms with Gasteiger partial charge in [0.1, 0.15) is 0 Å². The van der Waals surface area contributed by atoms with E-state index in [9.17, 15) is 14.4 Å². The van der Waals surface area contributed by atoms with E-state index in [1.807, 2.05) is 23.1 Å². The first-order valence-electron chi connectivity index (χ1n) is 10.3. The Morgan fingerprint density at radius 3 is 1.91 bits per heavy atom.